The highest BCUT2D eigenvalue weighted by Gasteiger charge is 2.29. The van der Waals surface area contributed by atoms with Gasteiger partial charge in [0.1, 0.15) is 0 Å². The monoisotopic (exact) mass is 214 g/mol. The number of aliphatic hydroxyl groups excluding tert-OH is 1. The van der Waals surface area contributed by atoms with E-state index in [1.807, 2.05) is 0 Å². The Bertz CT molecular complexity index is 168. The number of aliphatic hydroxyl groups is 1. The van der Waals surface area contributed by atoms with Gasteiger partial charge in [0.25, 0.3) is 0 Å². The molecule has 1 N–H and O–H groups in total. The fourth-order valence-corrected chi connectivity index (χ4v) is 2.36. The molecule has 0 saturated heterocycles. The lowest BCUT2D eigenvalue weighted by molar-refractivity contribution is -0.0789. The SMILES string of the molecule is CCCC1CCC(O)C(OCC(C)C)C1. The number of hydrogen-bond acceptors (Lipinski definition) is 2. The first-order valence-electron chi connectivity index (χ1n) is 6.43. The predicted molar refractivity (Wildman–Crippen MR) is 62.8 cm³/mol. The second-order valence-corrected chi connectivity index (χ2v) is 5.30. The maximum atomic E-state index is 9.84. The van der Waals surface area contributed by atoms with Crippen molar-refractivity contribution in [2.45, 2.75) is 65.1 Å². The van der Waals surface area contributed by atoms with E-state index in [0.717, 1.165) is 25.4 Å². The van der Waals surface area contributed by atoms with Gasteiger partial charge in [0.2, 0.25) is 0 Å². The second kappa shape index (κ2) is 6.49. The molecule has 1 rings (SSSR count). The van der Waals surface area contributed by atoms with Crippen LogP contribution in [0.4, 0.5) is 0 Å². The molecule has 0 spiro atoms. The zero-order valence-corrected chi connectivity index (χ0v) is 10.4. The fourth-order valence-electron chi connectivity index (χ4n) is 2.36. The summed E-state index contributed by atoms with van der Waals surface area (Å²) in [5.41, 5.74) is 0. The van der Waals surface area contributed by atoms with Crippen molar-refractivity contribution in [2.24, 2.45) is 11.8 Å². The maximum absolute atomic E-state index is 9.84. The lowest BCUT2D eigenvalue weighted by Crippen LogP contribution is -2.36. The Morgan fingerprint density at radius 1 is 1.33 bits per heavy atom. The van der Waals surface area contributed by atoms with Crippen molar-refractivity contribution in [3.8, 4) is 0 Å². The van der Waals surface area contributed by atoms with Crippen molar-refractivity contribution >= 4 is 0 Å². The third-order valence-corrected chi connectivity index (χ3v) is 3.21. The van der Waals surface area contributed by atoms with Crippen LogP contribution in [0.2, 0.25) is 0 Å². The summed E-state index contributed by atoms with van der Waals surface area (Å²) in [6, 6.07) is 0. The normalized spacial score (nSPS) is 32.2. The van der Waals surface area contributed by atoms with Gasteiger partial charge in [-0.05, 0) is 31.1 Å². The Morgan fingerprint density at radius 3 is 2.67 bits per heavy atom. The highest BCUT2D eigenvalue weighted by atomic mass is 16.5. The van der Waals surface area contributed by atoms with Crippen LogP contribution in [0.25, 0.3) is 0 Å². The van der Waals surface area contributed by atoms with Crippen molar-refractivity contribution in [2.75, 3.05) is 6.61 Å². The Labute approximate surface area is 94.0 Å². The minimum atomic E-state index is -0.225. The summed E-state index contributed by atoms with van der Waals surface area (Å²) in [5, 5.41) is 9.84. The van der Waals surface area contributed by atoms with Crippen LogP contribution in [-0.4, -0.2) is 23.9 Å². The molecule has 0 bridgehead atoms. The van der Waals surface area contributed by atoms with Gasteiger partial charge in [-0.25, -0.2) is 0 Å². The summed E-state index contributed by atoms with van der Waals surface area (Å²) in [5.74, 6) is 1.33. The van der Waals surface area contributed by atoms with Crippen LogP contribution >= 0.6 is 0 Å². The topological polar surface area (TPSA) is 29.5 Å². The minimum absolute atomic E-state index is 0.0951. The van der Waals surface area contributed by atoms with Gasteiger partial charge < -0.3 is 9.84 Å². The zero-order chi connectivity index (χ0) is 11.3. The molecule has 1 saturated carbocycles. The number of hydrogen-bond donors (Lipinski definition) is 1. The molecule has 1 aliphatic carbocycles. The molecule has 1 fully saturated rings. The highest BCUT2D eigenvalue weighted by Crippen LogP contribution is 2.30. The van der Waals surface area contributed by atoms with Gasteiger partial charge >= 0.3 is 0 Å². The average molecular weight is 214 g/mol. The number of ether oxygens (including phenoxy) is 1. The lowest BCUT2D eigenvalue weighted by atomic mass is 9.83. The summed E-state index contributed by atoms with van der Waals surface area (Å²) in [6.45, 7) is 7.31. The van der Waals surface area contributed by atoms with E-state index in [4.69, 9.17) is 4.74 Å². The predicted octanol–water partition coefficient (Wildman–Crippen LogP) is 2.99. The molecular weight excluding hydrogens is 188 g/mol. The van der Waals surface area contributed by atoms with Crippen LogP contribution in [0, 0.1) is 11.8 Å². The standard InChI is InChI=1S/C13H26O2/c1-4-5-11-6-7-12(14)13(8-11)15-9-10(2)3/h10-14H,4-9H2,1-3H3. The summed E-state index contributed by atoms with van der Waals surface area (Å²) >= 11 is 0. The molecule has 15 heavy (non-hydrogen) atoms. The molecule has 0 heterocycles. The second-order valence-electron chi connectivity index (χ2n) is 5.30. The van der Waals surface area contributed by atoms with Crippen LogP contribution in [0.5, 0.6) is 0 Å². The van der Waals surface area contributed by atoms with Crippen molar-refractivity contribution in [3.63, 3.8) is 0 Å². The minimum Gasteiger partial charge on any atom is -0.390 e. The van der Waals surface area contributed by atoms with E-state index >= 15 is 0 Å². The smallest absolute Gasteiger partial charge is 0.0836 e. The fraction of sp³-hybridized carbons (Fsp3) is 1.00. The first-order chi connectivity index (χ1) is 7.13. The molecule has 0 aliphatic heterocycles. The van der Waals surface area contributed by atoms with Crippen molar-refractivity contribution < 1.29 is 9.84 Å². The molecule has 1 aliphatic rings. The lowest BCUT2D eigenvalue weighted by Gasteiger charge is -2.33. The Hall–Kier alpha value is -0.0800. The quantitative estimate of drug-likeness (QED) is 0.762. The third-order valence-electron chi connectivity index (χ3n) is 3.21. The molecule has 0 amide bonds. The molecule has 0 aromatic heterocycles. The van der Waals surface area contributed by atoms with Crippen molar-refractivity contribution in [1.82, 2.24) is 0 Å². The molecule has 90 valence electrons. The molecule has 2 nitrogen and oxygen atoms in total. The van der Waals surface area contributed by atoms with E-state index < -0.39 is 0 Å². The summed E-state index contributed by atoms with van der Waals surface area (Å²) in [4.78, 5) is 0. The Kier molecular flexibility index (Phi) is 5.62. The van der Waals surface area contributed by atoms with Crippen LogP contribution in [0.1, 0.15) is 52.9 Å². The first-order valence-corrected chi connectivity index (χ1v) is 6.43. The summed E-state index contributed by atoms with van der Waals surface area (Å²) in [6.07, 6.45) is 5.56. The molecule has 3 atom stereocenters. The van der Waals surface area contributed by atoms with E-state index in [2.05, 4.69) is 20.8 Å². The Morgan fingerprint density at radius 2 is 2.07 bits per heavy atom. The molecule has 0 aromatic carbocycles. The summed E-state index contributed by atoms with van der Waals surface area (Å²) in [7, 11) is 0. The summed E-state index contributed by atoms with van der Waals surface area (Å²) < 4.78 is 5.78. The van der Waals surface area contributed by atoms with Gasteiger partial charge in [0, 0.05) is 6.61 Å². The largest absolute Gasteiger partial charge is 0.390 e. The van der Waals surface area contributed by atoms with Crippen molar-refractivity contribution in [1.29, 1.82) is 0 Å². The van der Waals surface area contributed by atoms with E-state index in [1.165, 1.54) is 19.3 Å². The average Bonchev–Trinajstić information content (AvgIpc) is 2.19. The first kappa shape index (κ1) is 13.0. The van der Waals surface area contributed by atoms with E-state index in [9.17, 15) is 5.11 Å². The van der Waals surface area contributed by atoms with Gasteiger partial charge in [-0.2, -0.15) is 0 Å². The third kappa shape index (κ3) is 4.52. The van der Waals surface area contributed by atoms with Gasteiger partial charge in [-0.3, -0.25) is 0 Å². The van der Waals surface area contributed by atoms with Gasteiger partial charge in [0.05, 0.1) is 12.2 Å². The van der Waals surface area contributed by atoms with Gasteiger partial charge in [-0.1, -0.05) is 33.6 Å². The van der Waals surface area contributed by atoms with Crippen LogP contribution < -0.4 is 0 Å². The van der Waals surface area contributed by atoms with Crippen molar-refractivity contribution in [3.05, 3.63) is 0 Å². The number of rotatable bonds is 5. The molecule has 0 radical (unpaired) electrons. The van der Waals surface area contributed by atoms with Gasteiger partial charge in [0.15, 0.2) is 0 Å². The molecule has 0 aromatic rings. The highest BCUT2D eigenvalue weighted by molar-refractivity contribution is 4.80. The van der Waals surface area contributed by atoms with Crippen LogP contribution in [0.15, 0.2) is 0 Å². The molecule has 2 heteroatoms. The van der Waals surface area contributed by atoms with E-state index in [1.54, 1.807) is 0 Å². The zero-order valence-electron chi connectivity index (χ0n) is 10.4. The van der Waals surface area contributed by atoms with Crippen LogP contribution in [0.3, 0.4) is 0 Å². The van der Waals surface area contributed by atoms with E-state index in [-0.39, 0.29) is 12.2 Å². The Balaban J connectivity index is 2.32. The van der Waals surface area contributed by atoms with E-state index in [0.29, 0.717) is 5.92 Å². The molecular formula is C13H26O2. The maximum Gasteiger partial charge on any atom is 0.0836 e. The molecule has 3 unspecified atom stereocenters. The van der Waals surface area contributed by atoms with Crippen LogP contribution in [-0.2, 0) is 4.74 Å². The van der Waals surface area contributed by atoms with Gasteiger partial charge in [-0.15, -0.1) is 0 Å².